The SMILES string of the molecule is Nc1ccc2c(c1)CN(C(=O)CCCN1C(=O)c3ccccc3C1=O)CC2. The second-order valence-corrected chi connectivity index (χ2v) is 7.00. The average molecular weight is 363 g/mol. The van der Waals surface area contributed by atoms with Crippen LogP contribution in [0, 0.1) is 0 Å². The lowest BCUT2D eigenvalue weighted by atomic mass is 9.99. The van der Waals surface area contributed by atoms with Crippen LogP contribution in [0.3, 0.4) is 0 Å². The van der Waals surface area contributed by atoms with Crippen molar-refractivity contribution in [2.75, 3.05) is 18.8 Å². The standard InChI is InChI=1S/C21H21N3O3/c22-16-8-7-14-9-11-23(13-15(14)12-16)19(25)6-3-10-24-20(26)17-4-1-2-5-18(17)21(24)27/h1-2,4-5,7-8,12H,3,6,9-11,13,22H2. The Hall–Kier alpha value is -3.15. The van der Waals surface area contributed by atoms with E-state index in [0.717, 1.165) is 12.0 Å². The molecule has 6 nitrogen and oxygen atoms in total. The van der Waals surface area contributed by atoms with Crippen molar-refractivity contribution in [3.05, 3.63) is 64.7 Å². The molecule has 0 unspecified atom stereocenters. The molecule has 27 heavy (non-hydrogen) atoms. The zero-order valence-electron chi connectivity index (χ0n) is 15.0. The highest BCUT2D eigenvalue weighted by molar-refractivity contribution is 6.21. The second-order valence-electron chi connectivity index (χ2n) is 7.00. The van der Waals surface area contributed by atoms with Gasteiger partial charge in [0, 0.05) is 31.7 Å². The highest BCUT2D eigenvalue weighted by atomic mass is 16.2. The van der Waals surface area contributed by atoms with E-state index in [2.05, 4.69) is 0 Å². The summed E-state index contributed by atoms with van der Waals surface area (Å²) in [5, 5.41) is 0. The van der Waals surface area contributed by atoms with E-state index in [1.54, 1.807) is 24.3 Å². The molecule has 0 atom stereocenters. The summed E-state index contributed by atoms with van der Waals surface area (Å²) in [7, 11) is 0. The molecular weight excluding hydrogens is 342 g/mol. The molecule has 2 heterocycles. The third-order valence-corrected chi connectivity index (χ3v) is 5.25. The molecule has 4 rings (SSSR count). The maximum Gasteiger partial charge on any atom is 0.261 e. The normalized spacial score (nSPS) is 15.7. The van der Waals surface area contributed by atoms with E-state index in [1.165, 1.54) is 10.5 Å². The molecule has 0 bridgehead atoms. The van der Waals surface area contributed by atoms with Crippen LogP contribution in [0.25, 0.3) is 0 Å². The van der Waals surface area contributed by atoms with E-state index in [9.17, 15) is 14.4 Å². The van der Waals surface area contributed by atoms with E-state index in [4.69, 9.17) is 5.73 Å². The number of nitrogens with zero attached hydrogens (tertiary/aromatic N) is 2. The van der Waals surface area contributed by atoms with Crippen molar-refractivity contribution in [3.63, 3.8) is 0 Å². The van der Waals surface area contributed by atoms with Crippen molar-refractivity contribution in [1.29, 1.82) is 0 Å². The van der Waals surface area contributed by atoms with Crippen molar-refractivity contribution in [3.8, 4) is 0 Å². The number of carbonyl (C=O) groups excluding carboxylic acids is 3. The lowest BCUT2D eigenvalue weighted by Gasteiger charge is -2.29. The fourth-order valence-electron chi connectivity index (χ4n) is 3.78. The largest absolute Gasteiger partial charge is 0.399 e. The summed E-state index contributed by atoms with van der Waals surface area (Å²) in [6.07, 6.45) is 1.59. The van der Waals surface area contributed by atoms with Gasteiger partial charge < -0.3 is 10.6 Å². The number of benzene rings is 2. The summed E-state index contributed by atoms with van der Waals surface area (Å²) in [6.45, 7) is 1.50. The first-order valence-corrected chi connectivity index (χ1v) is 9.15. The van der Waals surface area contributed by atoms with Crippen LogP contribution in [-0.2, 0) is 17.8 Å². The molecule has 2 aromatic rings. The van der Waals surface area contributed by atoms with E-state index in [0.29, 0.717) is 42.7 Å². The number of anilines is 1. The minimum absolute atomic E-state index is 0.0414. The van der Waals surface area contributed by atoms with Gasteiger partial charge in [0.25, 0.3) is 11.8 Å². The fourth-order valence-corrected chi connectivity index (χ4v) is 3.78. The molecule has 2 aliphatic rings. The Kier molecular flexibility index (Phi) is 4.39. The molecule has 0 spiro atoms. The monoisotopic (exact) mass is 363 g/mol. The minimum atomic E-state index is -0.273. The van der Waals surface area contributed by atoms with Gasteiger partial charge in [-0.3, -0.25) is 19.3 Å². The molecule has 0 saturated heterocycles. The molecule has 0 fully saturated rings. The molecule has 2 aliphatic heterocycles. The third-order valence-electron chi connectivity index (χ3n) is 5.25. The lowest BCUT2D eigenvalue weighted by molar-refractivity contribution is -0.132. The molecule has 0 aliphatic carbocycles. The zero-order valence-corrected chi connectivity index (χ0v) is 15.0. The molecule has 138 valence electrons. The van der Waals surface area contributed by atoms with E-state index in [1.807, 2.05) is 23.1 Å². The molecular formula is C21H21N3O3. The van der Waals surface area contributed by atoms with Crippen LogP contribution >= 0.6 is 0 Å². The van der Waals surface area contributed by atoms with Crippen LogP contribution in [0.15, 0.2) is 42.5 Å². The van der Waals surface area contributed by atoms with Crippen LogP contribution in [0.5, 0.6) is 0 Å². The minimum Gasteiger partial charge on any atom is -0.399 e. The first-order valence-electron chi connectivity index (χ1n) is 9.15. The Morgan fingerprint density at radius 2 is 1.70 bits per heavy atom. The molecule has 2 aromatic carbocycles. The average Bonchev–Trinajstić information content (AvgIpc) is 2.92. The van der Waals surface area contributed by atoms with E-state index in [-0.39, 0.29) is 24.3 Å². The number of nitrogen functional groups attached to an aromatic ring is 1. The smallest absolute Gasteiger partial charge is 0.261 e. The summed E-state index contributed by atoms with van der Waals surface area (Å²) >= 11 is 0. The summed E-state index contributed by atoms with van der Waals surface area (Å²) in [4.78, 5) is 40.3. The number of hydrogen-bond donors (Lipinski definition) is 1. The quantitative estimate of drug-likeness (QED) is 0.667. The first-order chi connectivity index (χ1) is 13.0. The van der Waals surface area contributed by atoms with Crippen LogP contribution < -0.4 is 5.73 Å². The van der Waals surface area contributed by atoms with Crippen molar-refractivity contribution >= 4 is 23.4 Å². The fraction of sp³-hybridized carbons (Fsp3) is 0.286. The van der Waals surface area contributed by atoms with Gasteiger partial charge in [-0.1, -0.05) is 18.2 Å². The van der Waals surface area contributed by atoms with Gasteiger partial charge in [0.1, 0.15) is 0 Å². The van der Waals surface area contributed by atoms with Crippen molar-refractivity contribution < 1.29 is 14.4 Å². The van der Waals surface area contributed by atoms with Gasteiger partial charge in [0.2, 0.25) is 5.91 Å². The van der Waals surface area contributed by atoms with Gasteiger partial charge >= 0.3 is 0 Å². The molecule has 0 saturated carbocycles. The van der Waals surface area contributed by atoms with Gasteiger partial charge in [-0.15, -0.1) is 0 Å². The summed E-state index contributed by atoms with van der Waals surface area (Å²) < 4.78 is 0. The number of fused-ring (bicyclic) bond motifs is 2. The van der Waals surface area contributed by atoms with E-state index < -0.39 is 0 Å². The van der Waals surface area contributed by atoms with Gasteiger partial charge in [-0.05, 0) is 48.2 Å². The van der Waals surface area contributed by atoms with Gasteiger partial charge in [0.05, 0.1) is 11.1 Å². The number of rotatable bonds is 4. The van der Waals surface area contributed by atoms with Gasteiger partial charge in [-0.25, -0.2) is 0 Å². The number of nitrogens with two attached hydrogens (primary N) is 1. The predicted octanol–water partition coefficient (Wildman–Crippen LogP) is 2.23. The number of amides is 3. The first kappa shape index (κ1) is 17.3. The zero-order chi connectivity index (χ0) is 19.0. The Labute approximate surface area is 157 Å². The Balaban J connectivity index is 1.33. The van der Waals surface area contributed by atoms with Crippen LogP contribution in [0.2, 0.25) is 0 Å². The Morgan fingerprint density at radius 1 is 1.00 bits per heavy atom. The molecule has 0 aromatic heterocycles. The van der Waals surface area contributed by atoms with Crippen LogP contribution in [0.4, 0.5) is 5.69 Å². The summed E-state index contributed by atoms with van der Waals surface area (Å²) in [5.74, 6) is -0.504. The Morgan fingerprint density at radius 3 is 2.41 bits per heavy atom. The highest BCUT2D eigenvalue weighted by Gasteiger charge is 2.34. The van der Waals surface area contributed by atoms with Crippen molar-refractivity contribution in [2.24, 2.45) is 0 Å². The maximum atomic E-state index is 12.6. The lowest BCUT2D eigenvalue weighted by Crippen LogP contribution is -2.37. The van der Waals surface area contributed by atoms with E-state index >= 15 is 0 Å². The molecule has 6 heteroatoms. The maximum absolute atomic E-state index is 12.6. The van der Waals surface area contributed by atoms with Crippen LogP contribution in [-0.4, -0.2) is 40.6 Å². The predicted molar refractivity (Wildman–Crippen MR) is 101 cm³/mol. The number of hydrogen-bond acceptors (Lipinski definition) is 4. The Bertz CT molecular complexity index is 903. The van der Waals surface area contributed by atoms with Crippen LogP contribution in [0.1, 0.15) is 44.7 Å². The highest BCUT2D eigenvalue weighted by Crippen LogP contribution is 2.24. The molecule has 0 radical (unpaired) electrons. The summed E-state index contributed by atoms with van der Waals surface area (Å²) in [5.41, 5.74) is 9.76. The molecule has 2 N–H and O–H groups in total. The van der Waals surface area contributed by atoms with Gasteiger partial charge in [-0.2, -0.15) is 0 Å². The summed E-state index contributed by atoms with van der Waals surface area (Å²) in [6, 6.07) is 12.7. The number of carbonyl (C=O) groups is 3. The van der Waals surface area contributed by atoms with Crippen molar-refractivity contribution in [2.45, 2.75) is 25.8 Å². The molecule has 3 amide bonds. The number of imide groups is 1. The second kappa shape index (κ2) is 6.87. The van der Waals surface area contributed by atoms with Crippen molar-refractivity contribution in [1.82, 2.24) is 9.80 Å². The third kappa shape index (κ3) is 3.18. The topological polar surface area (TPSA) is 83.7 Å². The van der Waals surface area contributed by atoms with Gasteiger partial charge in [0.15, 0.2) is 0 Å².